The summed E-state index contributed by atoms with van der Waals surface area (Å²) in [5.74, 6) is 0.891. The normalized spacial score (nSPS) is 10.9. The van der Waals surface area contributed by atoms with Crippen molar-refractivity contribution in [2.24, 2.45) is 0 Å². The summed E-state index contributed by atoms with van der Waals surface area (Å²) in [6.45, 7) is 4.70. The number of hydrogen-bond donors (Lipinski definition) is 1. The lowest BCUT2D eigenvalue weighted by Crippen LogP contribution is -2.14. The van der Waals surface area contributed by atoms with Gasteiger partial charge in [-0.3, -0.25) is 4.79 Å². The maximum absolute atomic E-state index is 13.3. The third-order valence-electron chi connectivity index (χ3n) is 4.87. The van der Waals surface area contributed by atoms with Crippen LogP contribution < -0.4 is 10.1 Å². The largest absolute Gasteiger partial charge is 0.490 e. The van der Waals surface area contributed by atoms with E-state index >= 15 is 0 Å². The summed E-state index contributed by atoms with van der Waals surface area (Å²) >= 11 is 1.52. The Kier molecular flexibility index (Phi) is 6.10. The topological polar surface area (TPSA) is 51.2 Å². The van der Waals surface area contributed by atoms with E-state index in [0.717, 1.165) is 22.1 Å². The van der Waals surface area contributed by atoms with Crippen LogP contribution in [-0.2, 0) is 6.42 Å². The molecule has 0 atom stereocenters. The number of thiophene rings is 1. The number of aromatic nitrogens is 1. The lowest BCUT2D eigenvalue weighted by Gasteiger charge is -2.11. The lowest BCUT2D eigenvalue weighted by molar-refractivity contribution is 0.102. The van der Waals surface area contributed by atoms with Gasteiger partial charge in [0.25, 0.3) is 5.91 Å². The van der Waals surface area contributed by atoms with Crippen molar-refractivity contribution >= 4 is 33.1 Å². The first-order valence-electron chi connectivity index (χ1n) is 10.1. The Hall–Kier alpha value is -3.18. The van der Waals surface area contributed by atoms with Crippen molar-refractivity contribution < 1.29 is 9.53 Å². The molecule has 0 saturated heterocycles. The minimum atomic E-state index is -0.154. The van der Waals surface area contributed by atoms with Crippen LogP contribution >= 0.6 is 11.3 Å². The van der Waals surface area contributed by atoms with E-state index in [4.69, 9.17) is 4.74 Å². The molecule has 0 saturated carbocycles. The van der Waals surface area contributed by atoms with E-state index in [1.165, 1.54) is 22.5 Å². The number of carbonyl (C=O) groups excluding carboxylic acids is 1. The van der Waals surface area contributed by atoms with Crippen molar-refractivity contribution in [2.75, 3.05) is 11.9 Å². The van der Waals surface area contributed by atoms with E-state index in [-0.39, 0.29) is 5.91 Å². The number of ether oxygens (including phenoxy) is 1. The number of rotatable bonds is 7. The first kappa shape index (κ1) is 20.1. The number of anilines is 1. The van der Waals surface area contributed by atoms with Crippen molar-refractivity contribution in [2.45, 2.75) is 26.7 Å². The second-order valence-corrected chi connectivity index (χ2v) is 8.27. The zero-order chi connectivity index (χ0) is 20.9. The molecule has 4 nitrogen and oxygen atoms in total. The van der Waals surface area contributed by atoms with Crippen molar-refractivity contribution in [3.05, 3.63) is 88.4 Å². The highest BCUT2D eigenvalue weighted by molar-refractivity contribution is 7.21. The quantitative estimate of drug-likeness (QED) is 0.388. The molecule has 0 spiro atoms. The molecular weight excluding hydrogens is 392 g/mol. The fourth-order valence-corrected chi connectivity index (χ4v) is 4.46. The molecule has 1 amide bonds. The zero-order valence-electron chi connectivity index (χ0n) is 17.1. The number of fused-ring (bicyclic) bond motifs is 1. The average molecular weight is 417 g/mol. The second kappa shape index (κ2) is 9.09. The molecule has 30 heavy (non-hydrogen) atoms. The summed E-state index contributed by atoms with van der Waals surface area (Å²) < 4.78 is 6.85. The predicted molar refractivity (Wildman–Crippen MR) is 124 cm³/mol. The van der Waals surface area contributed by atoms with Crippen molar-refractivity contribution in [1.82, 2.24) is 4.98 Å². The third kappa shape index (κ3) is 4.36. The highest BCUT2D eigenvalue weighted by Gasteiger charge is 2.20. The highest BCUT2D eigenvalue weighted by Crippen LogP contribution is 2.34. The number of pyridine rings is 1. The Morgan fingerprint density at radius 2 is 1.87 bits per heavy atom. The maximum Gasteiger partial charge on any atom is 0.267 e. The Balaban J connectivity index is 1.68. The first-order valence-corrected chi connectivity index (χ1v) is 10.9. The molecule has 1 N–H and O–H groups in total. The van der Waals surface area contributed by atoms with Gasteiger partial charge in [-0.15, -0.1) is 11.3 Å². The SMILES string of the molecule is CCCOc1cccnc1NC(=O)c1sc2ccccc2c1Cc1ccc(C)cc1. The van der Waals surface area contributed by atoms with E-state index < -0.39 is 0 Å². The Labute approximate surface area is 180 Å². The van der Waals surface area contributed by atoms with Gasteiger partial charge in [-0.1, -0.05) is 55.0 Å². The standard InChI is InChI=1S/C25H24N2O2S/c1-3-15-29-21-8-6-14-26-24(21)27-25(28)23-20(16-18-12-10-17(2)11-13-18)19-7-4-5-9-22(19)30-23/h4-14H,3,15-16H2,1-2H3,(H,26,27,28). The van der Waals surface area contributed by atoms with Gasteiger partial charge in [0.1, 0.15) is 0 Å². The molecule has 0 fully saturated rings. The number of nitrogens with one attached hydrogen (secondary N) is 1. The van der Waals surface area contributed by atoms with Crippen LogP contribution in [0.3, 0.4) is 0 Å². The number of nitrogens with zero attached hydrogens (tertiary/aromatic N) is 1. The fraction of sp³-hybridized carbons (Fsp3) is 0.200. The molecule has 0 aliphatic heterocycles. The minimum Gasteiger partial charge on any atom is -0.490 e. The van der Waals surface area contributed by atoms with E-state index in [1.807, 2.05) is 31.2 Å². The van der Waals surface area contributed by atoms with Gasteiger partial charge >= 0.3 is 0 Å². The van der Waals surface area contributed by atoms with Crippen LogP contribution in [0, 0.1) is 6.92 Å². The van der Waals surface area contributed by atoms with Crippen molar-refractivity contribution in [1.29, 1.82) is 0 Å². The van der Waals surface area contributed by atoms with Gasteiger partial charge in [0.05, 0.1) is 11.5 Å². The van der Waals surface area contributed by atoms with Crippen LogP contribution in [0.5, 0.6) is 5.75 Å². The summed E-state index contributed by atoms with van der Waals surface area (Å²) in [6.07, 6.45) is 3.25. The van der Waals surface area contributed by atoms with Gasteiger partial charge in [-0.2, -0.15) is 0 Å². The molecule has 5 heteroatoms. The molecule has 0 aliphatic carbocycles. The molecule has 4 aromatic rings. The second-order valence-electron chi connectivity index (χ2n) is 7.22. The van der Waals surface area contributed by atoms with Gasteiger partial charge in [-0.25, -0.2) is 4.98 Å². The first-order chi connectivity index (χ1) is 14.7. The Morgan fingerprint density at radius 1 is 1.07 bits per heavy atom. The molecule has 4 rings (SSSR count). The number of carbonyl (C=O) groups is 1. The number of amides is 1. The van der Waals surface area contributed by atoms with Crippen LogP contribution in [-0.4, -0.2) is 17.5 Å². The molecule has 2 aromatic carbocycles. The van der Waals surface area contributed by atoms with Gasteiger partial charge < -0.3 is 10.1 Å². The van der Waals surface area contributed by atoms with E-state index in [2.05, 4.69) is 53.6 Å². The summed E-state index contributed by atoms with van der Waals surface area (Å²) in [6, 6.07) is 20.3. The number of hydrogen-bond acceptors (Lipinski definition) is 4. The molecular formula is C25H24N2O2S. The maximum atomic E-state index is 13.3. The average Bonchev–Trinajstić information content (AvgIpc) is 3.13. The molecule has 0 radical (unpaired) electrons. The van der Waals surface area contributed by atoms with Gasteiger partial charge in [-0.05, 0) is 54.5 Å². The molecule has 2 aromatic heterocycles. The summed E-state index contributed by atoms with van der Waals surface area (Å²) in [5, 5.41) is 4.09. The van der Waals surface area contributed by atoms with Crippen LogP contribution in [0.4, 0.5) is 5.82 Å². The Bertz CT molecular complexity index is 1170. The molecule has 0 unspecified atom stereocenters. The van der Waals surface area contributed by atoms with Gasteiger partial charge in [0, 0.05) is 10.9 Å². The summed E-state index contributed by atoms with van der Waals surface area (Å²) in [5.41, 5.74) is 3.45. The zero-order valence-corrected chi connectivity index (χ0v) is 18.0. The predicted octanol–water partition coefficient (Wildman–Crippen LogP) is 6.24. The van der Waals surface area contributed by atoms with Crippen LogP contribution in [0.25, 0.3) is 10.1 Å². The van der Waals surface area contributed by atoms with Crippen LogP contribution in [0.15, 0.2) is 66.9 Å². The van der Waals surface area contributed by atoms with Crippen LogP contribution in [0.2, 0.25) is 0 Å². The van der Waals surface area contributed by atoms with E-state index in [9.17, 15) is 4.79 Å². The van der Waals surface area contributed by atoms with Gasteiger partial charge in [0.15, 0.2) is 11.6 Å². The molecule has 152 valence electrons. The minimum absolute atomic E-state index is 0.154. The summed E-state index contributed by atoms with van der Waals surface area (Å²) in [7, 11) is 0. The smallest absolute Gasteiger partial charge is 0.267 e. The van der Waals surface area contributed by atoms with Gasteiger partial charge in [0.2, 0.25) is 0 Å². The molecule has 0 aliphatic rings. The monoisotopic (exact) mass is 416 g/mol. The Morgan fingerprint density at radius 3 is 2.67 bits per heavy atom. The molecule has 2 heterocycles. The third-order valence-corrected chi connectivity index (χ3v) is 6.08. The van der Waals surface area contributed by atoms with Crippen molar-refractivity contribution in [3.63, 3.8) is 0 Å². The highest BCUT2D eigenvalue weighted by atomic mass is 32.1. The van der Waals surface area contributed by atoms with Crippen LogP contribution in [0.1, 0.15) is 39.7 Å². The van der Waals surface area contributed by atoms with E-state index in [1.54, 1.807) is 6.20 Å². The lowest BCUT2D eigenvalue weighted by atomic mass is 10.0. The summed E-state index contributed by atoms with van der Waals surface area (Å²) in [4.78, 5) is 18.3. The van der Waals surface area contributed by atoms with Crippen molar-refractivity contribution in [3.8, 4) is 5.75 Å². The van der Waals surface area contributed by atoms with E-state index in [0.29, 0.717) is 29.5 Å². The fourth-order valence-electron chi connectivity index (χ4n) is 3.34. The number of benzene rings is 2. The molecule has 0 bridgehead atoms. The number of aryl methyl sites for hydroxylation is 1.